The highest BCUT2D eigenvalue weighted by Crippen LogP contribution is 2.32. The minimum atomic E-state index is -0.319. The SMILES string of the molecule is O[C@@H]1CCC[C@H]1Oc1ccc(Br)cc1Br. The first kappa shape index (κ1) is 11.4. The molecule has 1 aliphatic carbocycles. The van der Waals surface area contributed by atoms with Crippen LogP contribution >= 0.6 is 31.9 Å². The molecule has 4 heteroatoms. The summed E-state index contributed by atoms with van der Waals surface area (Å²) in [7, 11) is 0. The number of hydrogen-bond donors (Lipinski definition) is 1. The second-order valence-corrected chi connectivity index (χ2v) is 5.50. The first-order chi connectivity index (χ1) is 7.16. The predicted octanol–water partition coefficient (Wildman–Crippen LogP) is 3.50. The summed E-state index contributed by atoms with van der Waals surface area (Å²) in [5.74, 6) is 0.796. The molecule has 1 aliphatic rings. The van der Waals surface area contributed by atoms with Gasteiger partial charge in [-0.2, -0.15) is 0 Å². The number of ether oxygens (including phenoxy) is 1. The first-order valence-electron chi connectivity index (χ1n) is 4.96. The van der Waals surface area contributed by atoms with Crippen LogP contribution in [0.4, 0.5) is 0 Å². The second kappa shape index (κ2) is 4.85. The topological polar surface area (TPSA) is 29.5 Å². The van der Waals surface area contributed by atoms with Crippen molar-refractivity contribution in [3.05, 3.63) is 27.1 Å². The Morgan fingerprint density at radius 3 is 2.67 bits per heavy atom. The molecule has 82 valence electrons. The average molecular weight is 336 g/mol. The van der Waals surface area contributed by atoms with Gasteiger partial charge in [-0.25, -0.2) is 0 Å². The third-order valence-corrected chi connectivity index (χ3v) is 3.70. The molecule has 0 heterocycles. The summed E-state index contributed by atoms with van der Waals surface area (Å²) in [6, 6.07) is 5.78. The van der Waals surface area contributed by atoms with Gasteiger partial charge in [-0.15, -0.1) is 0 Å². The van der Waals surface area contributed by atoms with Gasteiger partial charge in [-0.05, 0) is 53.4 Å². The maximum Gasteiger partial charge on any atom is 0.134 e. The molecule has 0 aromatic heterocycles. The fraction of sp³-hybridized carbons (Fsp3) is 0.455. The van der Waals surface area contributed by atoms with E-state index in [0.717, 1.165) is 34.0 Å². The summed E-state index contributed by atoms with van der Waals surface area (Å²) in [5, 5.41) is 9.65. The summed E-state index contributed by atoms with van der Waals surface area (Å²) in [6.07, 6.45) is 2.45. The Morgan fingerprint density at radius 1 is 1.27 bits per heavy atom. The van der Waals surface area contributed by atoms with Crippen molar-refractivity contribution in [2.45, 2.75) is 31.5 Å². The minimum absolute atomic E-state index is 0.0533. The molecule has 1 fully saturated rings. The molecule has 0 unspecified atom stereocenters. The Balaban J connectivity index is 2.10. The fourth-order valence-corrected chi connectivity index (χ4v) is 2.92. The highest BCUT2D eigenvalue weighted by molar-refractivity contribution is 9.11. The molecular weight excluding hydrogens is 324 g/mol. The third kappa shape index (κ3) is 2.74. The van der Waals surface area contributed by atoms with Gasteiger partial charge < -0.3 is 9.84 Å². The Morgan fingerprint density at radius 2 is 2.07 bits per heavy atom. The minimum Gasteiger partial charge on any atom is -0.487 e. The van der Waals surface area contributed by atoms with E-state index in [1.54, 1.807) is 0 Å². The molecule has 2 rings (SSSR count). The van der Waals surface area contributed by atoms with E-state index in [9.17, 15) is 5.11 Å². The van der Waals surface area contributed by atoms with Crippen molar-refractivity contribution in [1.82, 2.24) is 0 Å². The molecule has 0 bridgehead atoms. The Bertz CT molecular complexity index is 354. The third-order valence-electron chi connectivity index (χ3n) is 2.59. The van der Waals surface area contributed by atoms with Crippen LogP contribution < -0.4 is 4.74 Å². The lowest BCUT2D eigenvalue weighted by atomic mass is 10.2. The van der Waals surface area contributed by atoms with E-state index in [4.69, 9.17) is 4.74 Å². The maximum absolute atomic E-state index is 9.65. The fourth-order valence-electron chi connectivity index (χ4n) is 1.78. The van der Waals surface area contributed by atoms with E-state index in [2.05, 4.69) is 31.9 Å². The van der Waals surface area contributed by atoms with Crippen LogP contribution in [-0.4, -0.2) is 17.3 Å². The molecule has 1 aromatic rings. The van der Waals surface area contributed by atoms with Crippen molar-refractivity contribution in [2.24, 2.45) is 0 Å². The molecule has 15 heavy (non-hydrogen) atoms. The van der Waals surface area contributed by atoms with E-state index in [0.29, 0.717) is 0 Å². The van der Waals surface area contributed by atoms with Gasteiger partial charge in [0.15, 0.2) is 0 Å². The van der Waals surface area contributed by atoms with E-state index in [1.165, 1.54) is 0 Å². The van der Waals surface area contributed by atoms with Gasteiger partial charge in [0.25, 0.3) is 0 Å². The van der Waals surface area contributed by atoms with Gasteiger partial charge in [0.2, 0.25) is 0 Å². The summed E-state index contributed by atoms with van der Waals surface area (Å²) in [6.45, 7) is 0. The summed E-state index contributed by atoms with van der Waals surface area (Å²) >= 11 is 6.82. The van der Waals surface area contributed by atoms with Crippen LogP contribution in [0.15, 0.2) is 27.1 Å². The van der Waals surface area contributed by atoms with Crippen molar-refractivity contribution >= 4 is 31.9 Å². The average Bonchev–Trinajstić information content (AvgIpc) is 2.57. The normalized spacial score (nSPS) is 25.5. The molecule has 0 radical (unpaired) electrons. The monoisotopic (exact) mass is 334 g/mol. The first-order valence-corrected chi connectivity index (χ1v) is 6.55. The second-order valence-electron chi connectivity index (χ2n) is 3.73. The van der Waals surface area contributed by atoms with Crippen LogP contribution in [0.5, 0.6) is 5.75 Å². The van der Waals surface area contributed by atoms with Crippen LogP contribution in [0.2, 0.25) is 0 Å². The number of aliphatic hydroxyl groups is 1. The molecule has 0 saturated heterocycles. The van der Waals surface area contributed by atoms with E-state index in [-0.39, 0.29) is 12.2 Å². The molecule has 1 N–H and O–H groups in total. The number of rotatable bonds is 2. The summed E-state index contributed by atoms with van der Waals surface area (Å²) < 4.78 is 7.68. The molecule has 2 nitrogen and oxygen atoms in total. The Kier molecular flexibility index (Phi) is 3.69. The van der Waals surface area contributed by atoms with Crippen LogP contribution in [-0.2, 0) is 0 Å². The Hall–Kier alpha value is -0.0600. The van der Waals surface area contributed by atoms with Gasteiger partial charge in [-0.1, -0.05) is 15.9 Å². The zero-order chi connectivity index (χ0) is 10.8. The van der Waals surface area contributed by atoms with Crippen molar-refractivity contribution in [1.29, 1.82) is 0 Å². The smallest absolute Gasteiger partial charge is 0.134 e. The summed E-state index contributed by atoms with van der Waals surface area (Å²) in [5.41, 5.74) is 0. The lowest BCUT2D eigenvalue weighted by molar-refractivity contribution is 0.0599. The standard InChI is InChI=1S/C11H12Br2O2/c12-7-4-5-10(8(13)6-7)15-11-3-1-2-9(11)14/h4-6,9,11,14H,1-3H2/t9-,11-/m1/s1. The zero-order valence-electron chi connectivity index (χ0n) is 8.12. The largest absolute Gasteiger partial charge is 0.487 e. The van der Waals surface area contributed by atoms with Gasteiger partial charge >= 0.3 is 0 Å². The molecule has 0 amide bonds. The summed E-state index contributed by atoms with van der Waals surface area (Å²) in [4.78, 5) is 0. The molecule has 0 aliphatic heterocycles. The lowest BCUT2D eigenvalue weighted by Crippen LogP contribution is -2.25. The van der Waals surface area contributed by atoms with Crippen molar-refractivity contribution in [3.63, 3.8) is 0 Å². The van der Waals surface area contributed by atoms with Crippen molar-refractivity contribution < 1.29 is 9.84 Å². The van der Waals surface area contributed by atoms with Gasteiger partial charge in [0, 0.05) is 4.47 Å². The van der Waals surface area contributed by atoms with Crippen LogP contribution in [0, 0.1) is 0 Å². The number of hydrogen-bond acceptors (Lipinski definition) is 2. The molecule has 0 spiro atoms. The molecule has 1 saturated carbocycles. The maximum atomic E-state index is 9.65. The van der Waals surface area contributed by atoms with Gasteiger partial charge in [0.1, 0.15) is 11.9 Å². The molecule has 2 atom stereocenters. The zero-order valence-corrected chi connectivity index (χ0v) is 11.3. The highest BCUT2D eigenvalue weighted by atomic mass is 79.9. The van der Waals surface area contributed by atoms with Crippen molar-refractivity contribution in [2.75, 3.05) is 0 Å². The lowest BCUT2D eigenvalue weighted by Gasteiger charge is -2.18. The number of benzene rings is 1. The Labute approximate surface area is 106 Å². The quantitative estimate of drug-likeness (QED) is 0.896. The van der Waals surface area contributed by atoms with E-state index < -0.39 is 0 Å². The van der Waals surface area contributed by atoms with Gasteiger partial charge in [0.05, 0.1) is 10.6 Å². The van der Waals surface area contributed by atoms with Crippen molar-refractivity contribution in [3.8, 4) is 5.75 Å². The van der Waals surface area contributed by atoms with Gasteiger partial charge in [-0.3, -0.25) is 0 Å². The van der Waals surface area contributed by atoms with E-state index >= 15 is 0 Å². The van der Waals surface area contributed by atoms with E-state index in [1.807, 2.05) is 18.2 Å². The van der Waals surface area contributed by atoms with Crippen LogP contribution in [0.3, 0.4) is 0 Å². The molecule has 1 aromatic carbocycles. The predicted molar refractivity (Wildman–Crippen MR) is 66.1 cm³/mol. The highest BCUT2D eigenvalue weighted by Gasteiger charge is 2.27. The molecular formula is C11H12Br2O2. The number of aliphatic hydroxyl groups excluding tert-OH is 1. The van der Waals surface area contributed by atoms with Crippen LogP contribution in [0.1, 0.15) is 19.3 Å². The van der Waals surface area contributed by atoms with Crippen LogP contribution in [0.25, 0.3) is 0 Å². The number of halogens is 2.